The molecule has 2 heteroatoms. The summed E-state index contributed by atoms with van der Waals surface area (Å²) in [5, 5.41) is 8.92. The zero-order chi connectivity index (χ0) is 12.2. The fraction of sp³-hybridized carbons (Fsp3) is 0.500. The lowest BCUT2D eigenvalue weighted by molar-refractivity contribution is 0.225. The van der Waals surface area contributed by atoms with Crippen LogP contribution in [0.5, 0.6) is 5.75 Å². The minimum Gasteiger partial charge on any atom is -0.492 e. The molecule has 0 heterocycles. The Kier molecular flexibility index (Phi) is 3.95. The van der Waals surface area contributed by atoms with Gasteiger partial charge in [0.1, 0.15) is 12.4 Å². The van der Waals surface area contributed by atoms with E-state index in [1.807, 2.05) is 32.0 Å². The average molecular weight is 217 g/mol. The van der Waals surface area contributed by atoms with E-state index in [0.29, 0.717) is 12.5 Å². The van der Waals surface area contributed by atoms with E-state index in [-0.39, 0.29) is 0 Å². The number of benzene rings is 1. The summed E-state index contributed by atoms with van der Waals surface area (Å²) in [6.45, 7) is 8.46. The van der Waals surface area contributed by atoms with Crippen molar-refractivity contribution in [2.75, 3.05) is 6.61 Å². The topological polar surface area (TPSA) is 33.0 Å². The Balaban J connectivity index is 2.79. The number of hydrogen-bond acceptors (Lipinski definition) is 2. The molecule has 1 aromatic carbocycles. The van der Waals surface area contributed by atoms with Crippen molar-refractivity contribution in [1.82, 2.24) is 0 Å². The second-order valence-corrected chi connectivity index (χ2v) is 4.98. The van der Waals surface area contributed by atoms with Gasteiger partial charge in [-0.3, -0.25) is 0 Å². The molecule has 0 N–H and O–H groups in total. The fourth-order valence-corrected chi connectivity index (χ4v) is 1.38. The number of hydrogen-bond donors (Lipinski definition) is 0. The Labute approximate surface area is 97.9 Å². The Morgan fingerprint density at radius 3 is 2.50 bits per heavy atom. The van der Waals surface area contributed by atoms with Gasteiger partial charge in [-0.2, -0.15) is 5.26 Å². The van der Waals surface area contributed by atoms with Gasteiger partial charge in [0.2, 0.25) is 0 Å². The number of para-hydroxylation sites is 1. The molecule has 0 unspecified atom stereocenters. The molecule has 0 amide bonds. The maximum Gasteiger partial charge on any atom is 0.122 e. The summed E-state index contributed by atoms with van der Waals surface area (Å²) in [4.78, 5) is 0. The van der Waals surface area contributed by atoms with Crippen LogP contribution in [0.1, 0.15) is 39.2 Å². The Hall–Kier alpha value is -1.49. The molecule has 0 bridgehead atoms. The fourth-order valence-electron chi connectivity index (χ4n) is 1.38. The van der Waals surface area contributed by atoms with Crippen LogP contribution in [0, 0.1) is 16.7 Å². The highest BCUT2D eigenvalue weighted by atomic mass is 16.5. The molecule has 0 saturated carbocycles. The summed E-state index contributed by atoms with van der Waals surface area (Å²) < 4.78 is 5.73. The van der Waals surface area contributed by atoms with Gasteiger partial charge in [-0.25, -0.2) is 0 Å². The first-order valence-electron chi connectivity index (χ1n) is 5.59. The summed E-state index contributed by atoms with van der Waals surface area (Å²) >= 11 is 0. The molecule has 0 aromatic heterocycles. The van der Waals surface area contributed by atoms with Crippen LogP contribution in [0.25, 0.3) is 0 Å². The zero-order valence-electron chi connectivity index (χ0n) is 10.4. The van der Waals surface area contributed by atoms with E-state index < -0.39 is 5.41 Å². The third-order valence-electron chi connectivity index (χ3n) is 2.43. The van der Waals surface area contributed by atoms with Gasteiger partial charge in [0.25, 0.3) is 0 Å². The largest absolute Gasteiger partial charge is 0.492 e. The van der Waals surface area contributed by atoms with Crippen molar-refractivity contribution < 1.29 is 4.74 Å². The van der Waals surface area contributed by atoms with Crippen LogP contribution in [0.15, 0.2) is 24.3 Å². The molecule has 86 valence electrons. The standard InChI is InChI=1S/C14H19NO/c1-11(2)12-7-5-6-8-13(12)16-10-14(3,4)9-15/h5-8,11H,10H2,1-4H3. The molecule has 0 aliphatic rings. The van der Waals surface area contributed by atoms with Gasteiger partial charge in [-0.05, 0) is 31.4 Å². The molecular weight excluding hydrogens is 198 g/mol. The highest BCUT2D eigenvalue weighted by Crippen LogP contribution is 2.27. The quantitative estimate of drug-likeness (QED) is 0.769. The van der Waals surface area contributed by atoms with Crippen molar-refractivity contribution in [2.24, 2.45) is 5.41 Å². The van der Waals surface area contributed by atoms with Crippen LogP contribution < -0.4 is 4.74 Å². The summed E-state index contributed by atoms with van der Waals surface area (Å²) in [5.41, 5.74) is 0.751. The number of rotatable bonds is 4. The third kappa shape index (κ3) is 3.27. The molecular formula is C14H19NO. The van der Waals surface area contributed by atoms with Crippen LogP contribution in [0.3, 0.4) is 0 Å². The normalized spacial score (nSPS) is 11.2. The second-order valence-electron chi connectivity index (χ2n) is 4.98. The van der Waals surface area contributed by atoms with Gasteiger partial charge < -0.3 is 4.74 Å². The van der Waals surface area contributed by atoms with E-state index in [0.717, 1.165) is 5.75 Å². The lowest BCUT2D eigenvalue weighted by Gasteiger charge is -2.19. The predicted octanol–water partition coefficient (Wildman–Crippen LogP) is 3.74. The molecule has 0 atom stereocenters. The average Bonchev–Trinajstić information content (AvgIpc) is 2.27. The Bertz CT molecular complexity index is 388. The van der Waals surface area contributed by atoms with Crippen LogP contribution in [0.4, 0.5) is 0 Å². The van der Waals surface area contributed by atoms with E-state index in [4.69, 9.17) is 10.00 Å². The first kappa shape index (κ1) is 12.6. The van der Waals surface area contributed by atoms with Crippen LogP contribution >= 0.6 is 0 Å². The molecule has 16 heavy (non-hydrogen) atoms. The van der Waals surface area contributed by atoms with Gasteiger partial charge in [-0.1, -0.05) is 32.0 Å². The monoisotopic (exact) mass is 217 g/mol. The van der Waals surface area contributed by atoms with Crippen molar-refractivity contribution in [2.45, 2.75) is 33.6 Å². The molecule has 2 nitrogen and oxygen atoms in total. The number of ether oxygens (including phenoxy) is 1. The van der Waals surface area contributed by atoms with E-state index >= 15 is 0 Å². The van der Waals surface area contributed by atoms with Gasteiger partial charge in [-0.15, -0.1) is 0 Å². The Morgan fingerprint density at radius 1 is 1.31 bits per heavy atom. The van der Waals surface area contributed by atoms with Crippen LogP contribution in [-0.4, -0.2) is 6.61 Å². The van der Waals surface area contributed by atoms with Gasteiger partial charge >= 0.3 is 0 Å². The van der Waals surface area contributed by atoms with Crippen molar-refractivity contribution in [3.05, 3.63) is 29.8 Å². The molecule has 0 radical (unpaired) electrons. The molecule has 0 aliphatic carbocycles. The maximum atomic E-state index is 8.92. The lowest BCUT2D eigenvalue weighted by atomic mass is 9.97. The van der Waals surface area contributed by atoms with E-state index in [9.17, 15) is 0 Å². The molecule has 1 rings (SSSR count). The SMILES string of the molecule is CC(C)c1ccccc1OCC(C)(C)C#N. The third-order valence-corrected chi connectivity index (χ3v) is 2.43. The first-order chi connectivity index (χ1) is 7.46. The predicted molar refractivity (Wildman–Crippen MR) is 65.4 cm³/mol. The molecule has 0 spiro atoms. The van der Waals surface area contributed by atoms with Crippen molar-refractivity contribution in [3.63, 3.8) is 0 Å². The first-order valence-corrected chi connectivity index (χ1v) is 5.59. The van der Waals surface area contributed by atoms with Crippen molar-refractivity contribution in [1.29, 1.82) is 5.26 Å². The molecule has 0 aliphatic heterocycles. The smallest absolute Gasteiger partial charge is 0.122 e. The second kappa shape index (κ2) is 5.03. The Morgan fingerprint density at radius 2 is 1.94 bits per heavy atom. The van der Waals surface area contributed by atoms with Crippen LogP contribution in [-0.2, 0) is 0 Å². The summed E-state index contributed by atoms with van der Waals surface area (Å²) in [7, 11) is 0. The molecule has 0 saturated heterocycles. The maximum absolute atomic E-state index is 8.92. The zero-order valence-corrected chi connectivity index (χ0v) is 10.4. The van der Waals surface area contributed by atoms with E-state index in [1.165, 1.54) is 5.56 Å². The summed E-state index contributed by atoms with van der Waals surface area (Å²) in [6, 6.07) is 10.2. The summed E-state index contributed by atoms with van der Waals surface area (Å²) in [5.74, 6) is 1.32. The van der Waals surface area contributed by atoms with Gasteiger partial charge in [0.05, 0.1) is 11.5 Å². The minimum atomic E-state index is -0.440. The number of nitrogens with zero attached hydrogens (tertiary/aromatic N) is 1. The van der Waals surface area contributed by atoms with Crippen LogP contribution in [0.2, 0.25) is 0 Å². The van der Waals surface area contributed by atoms with E-state index in [1.54, 1.807) is 0 Å². The molecule has 0 fully saturated rings. The van der Waals surface area contributed by atoms with Gasteiger partial charge in [0.15, 0.2) is 0 Å². The molecule has 1 aromatic rings. The van der Waals surface area contributed by atoms with Gasteiger partial charge in [0, 0.05) is 0 Å². The highest BCUT2D eigenvalue weighted by molar-refractivity contribution is 5.35. The highest BCUT2D eigenvalue weighted by Gasteiger charge is 2.18. The van der Waals surface area contributed by atoms with Crippen molar-refractivity contribution in [3.8, 4) is 11.8 Å². The lowest BCUT2D eigenvalue weighted by Crippen LogP contribution is -2.19. The minimum absolute atomic E-state index is 0.424. The van der Waals surface area contributed by atoms with Crippen molar-refractivity contribution >= 4 is 0 Å². The van der Waals surface area contributed by atoms with E-state index in [2.05, 4.69) is 26.0 Å². The number of nitriles is 1. The summed E-state index contributed by atoms with van der Waals surface area (Å²) in [6.07, 6.45) is 0.